The summed E-state index contributed by atoms with van der Waals surface area (Å²) in [5.41, 5.74) is 0.604. The minimum atomic E-state index is -0.573. The summed E-state index contributed by atoms with van der Waals surface area (Å²) >= 11 is 0. The first-order chi connectivity index (χ1) is 8.01. The van der Waals surface area contributed by atoms with E-state index in [0.717, 1.165) is 24.9 Å². The van der Waals surface area contributed by atoms with E-state index in [-0.39, 0.29) is 11.6 Å². The molecule has 0 spiro atoms. The number of carbonyl (C=O) groups is 1. The Balaban J connectivity index is 2.15. The van der Waals surface area contributed by atoms with Gasteiger partial charge in [0, 0.05) is 0 Å². The van der Waals surface area contributed by atoms with Gasteiger partial charge in [-0.15, -0.1) is 0 Å². The topological polar surface area (TPSA) is 41.1 Å². The summed E-state index contributed by atoms with van der Waals surface area (Å²) in [6.07, 6.45) is 1.76. The normalized spacial score (nSPS) is 23.7. The van der Waals surface area contributed by atoms with Crippen molar-refractivity contribution in [1.29, 1.82) is 0 Å². The molecule has 0 radical (unpaired) electrons. The first-order valence-electron chi connectivity index (χ1n) is 5.84. The number of halogens is 1. The van der Waals surface area contributed by atoms with Crippen molar-refractivity contribution in [3.05, 3.63) is 29.6 Å². The van der Waals surface area contributed by atoms with Gasteiger partial charge in [0.25, 0.3) is 0 Å². The number of carbonyl (C=O) groups excluding carboxylic acids is 1. The van der Waals surface area contributed by atoms with Gasteiger partial charge in [-0.3, -0.25) is 4.79 Å². The van der Waals surface area contributed by atoms with Crippen molar-refractivity contribution >= 4 is 11.6 Å². The molecule has 1 unspecified atom stereocenters. The van der Waals surface area contributed by atoms with Crippen LogP contribution in [-0.4, -0.2) is 18.0 Å². The highest BCUT2D eigenvalue weighted by Crippen LogP contribution is 2.22. The second-order valence-electron chi connectivity index (χ2n) is 4.80. The molecule has 1 aromatic rings. The summed E-state index contributed by atoms with van der Waals surface area (Å²) in [7, 11) is 0. The van der Waals surface area contributed by atoms with E-state index in [2.05, 4.69) is 10.6 Å². The Morgan fingerprint density at radius 2 is 2.29 bits per heavy atom. The predicted molar refractivity (Wildman–Crippen MR) is 65.4 cm³/mol. The standard InChI is InChI=1S/C13H17FN2O/c1-9-4-5-10(14)11(8-9)16-12(17)13(2)6-3-7-15-13/h4-5,8,15H,3,6-7H2,1-2H3,(H,16,17). The Kier molecular flexibility index (Phi) is 3.15. The number of anilines is 1. The number of amides is 1. The van der Waals surface area contributed by atoms with Gasteiger partial charge in [-0.25, -0.2) is 4.39 Å². The average Bonchev–Trinajstić information content (AvgIpc) is 2.72. The molecular formula is C13H17FN2O. The molecule has 2 N–H and O–H groups in total. The Morgan fingerprint density at radius 1 is 1.53 bits per heavy atom. The Labute approximate surface area is 100 Å². The summed E-state index contributed by atoms with van der Waals surface area (Å²) in [5, 5.41) is 5.81. The van der Waals surface area contributed by atoms with Gasteiger partial charge in [0.05, 0.1) is 11.2 Å². The average molecular weight is 236 g/mol. The first-order valence-corrected chi connectivity index (χ1v) is 5.84. The van der Waals surface area contributed by atoms with Crippen molar-refractivity contribution in [2.45, 2.75) is 32.2 Å². The van der Waals surface area contributed by atoms with Gasteiger partial charge in [-0.2, -0.15) is 0 Å². The van der Waals surface area contributed by atoms with Crippen molar-refractivity contribution in [1.82, 2.24) is 5.32 Å². The molecule has 0 aromatic heterocycles. The molecule has 17 heavy (non-hydrogen) atoms. The highest BCUT2D eigenvalue weighted by molar-refractivity contribution is 5.98. The van der Waals surface area contributed by atoms with Crippen LogP contribution >= 0.6 is 0 Å². The molecule has 1 aliphatic heterocycles. The minimum Gasteiger partial charge on any atom is -0.322 e. The molecule has 4 heteroatoms. The second-order valence-corrected chi connectivity index (χ2v) is 4.80. The number of aryl methyl sites for hydroxylation is 1. The van der Waals surface area contributed by atoms with Crippen LogP contribution in [0.15, 0.2) is 18.2 Å². The molecule has 0 aliphatic carbocycles. The Hall–Kier alpha value is -1.42. The maximum absolute atomic E-state index is 13.5. The van der Waals surface area contributed by atoms with Crippen LogP contribution in [0.2, 0.25) is 0 Å². The van der Waals surface area contributed by atoms with Crippen LogP contribution in [0.1, 0.15) is 25.3 Å². The third kappa shape index (κ3) is 2.47. The zero-order valence-electron chi connectivity index (χ0n) is 10.1. The predicted octanol–water partition coefficient (Wildman–Crippen LogP) is 2.21. The van der Waals surface area contributed by atoms with Crippen molar-refractivity contribution in [2.75, 3.05) is 11.9 Å². The molecule has 0 saturated carbocycles. The van der Waals surface area contributed by atoms with Crippen molar-refractivity contribution in [3.63, 3.8) is 0 Å². The van der Waals surface area contributed by atoms with Crippen LogP contribution < -0.4 is 10.6 Å². The lowest BCUT2D eigenvalue weighted by Gasteiger charge is -2.23. The zero-order valence-corrected chi connectivity index (χ0v) is 10.1. The number of hydrogen-bond acceptors (Lipinski definition) is 2. The molecule has 1 aromatic carbocycles. The fourth-order valence-electron chi connectivity index (χ4n) is 2.08. The Morgan fingerprint density at radius 3 is 2.94 bits per heavy atom. The van der Waals surface area contributed by atoms with Gasteiger partial charge in [0.1, 0.15) is 5.82 Å². The van der Waals surface area contributed by atoms with Gasteiger partial charge in [0.15, 0.2) is 0 Å². The summed E-state index contributed by atoms with van der Waals surface area (Å²) in [5.74, 6) is -0.565. The third-order valence-electron chi connectivity index (χ3n) is 3.24. The van der Waals surface area contributed by atoms with E-state index in [4.69, 9.17) is 0 Å². The summed E-state index contributed by atoms with van der Waals surface area (Å²) in [6, 6.07) is 4.70. The largest absolute Gasteiger partial charge is 0.322 e. The van der Waals surface area contributed by atoms with Gasteiger partial charge in [-0.05, 0) is 50.9 Å². The van der Waals surface area contributed by atoms with Crippen LogP contribution in [0.5, 0.6) is 0 Å². The van der Waals surface area contributed by atoms with Crippen LogP contribution in [0, 0.1) is 12.7 Å². The fraction of sp³-hybridized carbons (Fsp3) is 0.462. The van der Waals surface area contributed by atoms with Gasteiger partial charge in [-0.1, -0.05) is 6.07 Å². The lowest BCUT2D eigenvalue weighted by Crippen LogP contribution is -2.48. The van der Waals surface area contributed by atoms with E-state index in [9.17, 15) is 9.18 Å². The minimum absolute atomic E-state index is 0.167. The SMILES string of the molecule is Cc1ccc(F)c(NC(=O)C2(C)CCCN2)c1. The van der Waals surface area contributed by atoms with E-state index < -0.39 is 11.4 Å². The summed E-state index contributed by atoms with van der Waals surface area (Å²) < 4.78 is 13.5. The molecule has 1 saturated heterocycles. The maximum Gasteiger partial charge on any atom is 0.244 e. The molecular weight excluding hydrogens is 219 g/mol. The summed E-state index contributed by atoms with van der Waals surface area (Å²) in [6.45, 7) is 4.55. The zero-order chi connectivity index (χ0) is 12.5. The number of rotatable bonds is 2. The highest BCUT2D eigenvalue weighted by Gasteiger charge is 2.36. The quantitative estimate of drug-likeness (QED) is 0.826. The van der Waals surface area contributed by atoms with E-state index in [1.807, 2.05) is 13.8 Å². The van der Waals surface area contributed by atoms with E-state index >= 15 is 0 Å². The monoisotopic (exact) mass is 236 g/mol. The molecule has 92 valence electrons. The van der Waals surface area contributed by atoms with E-state index in [1.54, 1.807) is 12.1 Å². The van der Waals surface area contributed by atoms with Gasteiger partial charge in [0.2, 0.25) is 5.91 Å². The molecule has 1 aliphatic rings. The number of hydrogen-bond donors (Lipinski definition) is 2. The lowest BCUT2D eigenvalue weighted by atomic mass is 9.99. The Bertz CT molecular complexity index is 439. The number of benzene rings is 1. The molecule has 2 rings (SSSR count). The molecule has 3 nitrogen and oxygen atoms in total. The van der Waals surface area contributed by atoms with Crippen LogP contribution in [-0.2, 0) is 4.79 Å². The fourth-order valence-corrected chi connectivity index (χ4v) is 2.08. The van der Waals surface area contributed by atoms with Crippen molar-refractivity contribution in [2.24, 2.45) is 0 Å². The first kappa shape index (κ1) is 12.0. The van der Waals surface area contributed by atoms with Gasteiger partial charge < -0.3 is 10.6 Å². The highest BCUT2D eigenvalue weighted by atomic mass is 19.1. The van der Waals surface area contributed by atoms with E-state index in [0.29, 0.717) is 0 Å². The van der Waals surface area contributed by atoms with Crippen molar-refractivity contribution in [3.8, 4) is 0 Å². The molecule has 0 bridgehead atoms. The van der Waals surface area contributed by atoms with Crippen LogP contribution in [0.25, 0.3) is 0 Å². The molecule has 1 atom stereocenters. The van der Waals surface area contributed by atoms with Crippen LogP contribution in [0.3, 0.4) is 0 Å². The van der Waals surface area contributed by atoms with Crippen LogP contribution in [0.4, 0.5) is 10.1 Å². The smallest absolute Gasteiger partial charge is 0.244 e. The lowest BCUT2D eigenvalue weighted by molar-refractivity contribution is -0.121. The van der Waals surface area contributed by atoms with Crippen molar-refractivity contribution < 1.29 is 9.18 Å². The third-order valence-corrected chi connectivity index (χ3v) is 3.24. The molecule has 1 heterocycles. The molecule has 1 fully saturated rings. The van der Waals surface area contributed by atoms with E-state index in [1.165, 1.54) is 6.07 Å². The maximum atomic E-state index is 13.5. The number of nitrogens with one attached hydrogen (secondary N) is 2. The second kappa shape index (κ2) is 4.45. The molecule has 1 amide bonds. The van der Waals surface area contributed by atoms with Gasteiger partial charge >= 0.3 is 0 Å². The summed E-state index contributed by atoms with van der Waals surface area (Å²) in [4.78, 5) is 12.1.